The predicted molar refractivity (Wildman–Crippen MR) is 65.2 cm³/mol. The van der Waals surface area contributed by atoms with Crippen LogP contribution >= 0.6 is 0 Å². The van der Waals surface area contributed by atoms with Crippen LogP contribution < -0.4 is 5.73 Å². The van der Waals surface area contributed by atoms with Gasteiger partial charge in [-0.2, -0.15) is 0 Å². The van der Waals surface area contributed by atoms with Crippen LogP contribution in [-0.4, -0.2) is 5.16 Å². The highest BCUT2D eigenvalue weighted by molar-refractivity contribution is 5.40. The van der Waals surface area contributed by atoms with Crippen LogP contribution in [0, 0.1) is 5.92 Å². The molecule has 1 aromatic heterocycles. The van der Waals surface area contributed by atoms with Gasteiger partial charge in [0.25, 0.3) is 0 Å². The molecule has 0 amide bonds. The normalized spacial score (nSPS) is 17.8. The fraction of sp³-hybridized carbons (Fsp3) is 0.769. The summed E-state index contributed by atoms with van der Waals surface area (Å²) in [6.07, 6.45) is 9.96. The third-order valence-corrected chi connectivity index (χ3v) is 3.60. The van der Waals surface area contributed by atoms with Crippen LogP contribution in [0.1, 0.15) is 56.8 Å². The van der Waals surface area contributed by atoms with Crippen LogP contribution in [0.4, 0.5) is 5.82 Å². The van der Waals surface area contributed by atoms with E-state index in [4.69, 9.17) is 10.3 Å². The molecule has 1 aromatic rings. The second-order valence-electron chi connectivity index (χ2n) is 4.93. The Kier molecular flexibility index (Phi) is 3.86. The van der Waals surface area contributed by atoms with Crippen LogP contribution in [0.5, 0.6) is 0 Å². The van der Waals surface area contributed by atoms with Gasteiger partial charge in [-0.15, -0.1) is 0 Å². The average molecular weight is 222 g/mol. The third-order valence-electron chi connectivity index (χ3n) is 3.60. The second kappa shape index (κ2) is 5.37. The number of nitrogens with zero attached hydrogens (tertiary/aromatic N) is 1. The van der Waals surface area contributed by atoms with Gasteiger partial charge >= 0.3 is 0 Å². The van der Waals surface area contributed by atoms with Crippen molar-refractivity contribution < 1.29 is 4.52 Å². The van der Waals surface area contributed by atoms with E-state index in [0.717, 1.165) is 36.5 Å². The molecule has 3 nitrogen and oxygen atoms in total. The number of nitrogens with two attached hydrogens (primary N) is 1. The molecule has 0 saturated heterocycles. The van der Waals surface area contributed by atoms with Gasteiger partial charge in [-0.3, -0.25) is 0 Å². The summed E-state index contributed by atoms with van der Waals surface area (Å²) >= 11 is 0. The van der Waals surface area contributed by atoms with E-state index >= 15 is 0 Å². The Morgan fingerprint density at radius 2 is 2.06 bits per heavy atom. The number of anilines is 1. The van der Waals surface area contributed by atoms with Gasteiger partial charge in [0.15, 0.2) is 5.82 Å². The van der Waals surface area contributed by atoms with Gasteiger partial charge < -0.3 is 10.3 Å². The van der Waals surface area contributed by atoms with Gasteiger partial charge in [0, 0.05) is 12.0 Å². The minimum atomic E-state index is 0.604. The Hall–Kier alpha value is -0.990. The van der Waals surface area contributed by atoms with Crippen molar-refractivity contribution in [2.75, 3.05) is 5.73 Å². The molecular formula is C13H22N2O. The molecule has 0 spiro atoms. The molecule has 90 valence electrons. The first-order valence-electron chi connectivity index (χ1n) is 6.54. The number of nitrogen functional groups attached to an aromatic ring is 1. The van der Waals surface area contributed by atoms with E-state index in [9.17, 15) is 0 Å². The van der Waals surface area contributed by atoms with Crippen LogP contribution in [0.25, 0.3) is 0 Å². The quantitative estimate of drug-likeness (QED) is 0.850. The molecule has 16 heavy (non-hydrogen) atoms. The van der Waals surface area contributed by atoms with Crippen LogP contribution in [0.15, 0.2) is 4.52 Å². The first-order chi connectivity index (χ1) is 7.81. The van der Waals surface area contributed by atoms with Crippen LogP contribution in [0.3, 0.4) is 0 Å². The van der Waals surface area contributed by atoms with E-state index in [1.54, 1.807) is 0 Å². The van der Waals surface area contributed by atoms with Crippen molar-refractivity contribution in [3.63, 3.8) is 0 Å². The van der Waals surface area contributed by atoms with Crippen molar-refractivity contribution in [1.82, 2.24) is 5.16 Å². The number of rotatable bonds is 4. The molecule has 0 radical (unpaired) electrons. The predicted octanol–water partition coefficient (Wildman–Crippen LogP) is 3.33. The molecule has 1 heterocycles. The zero-order valence-electron chi connectivity index (χ0n) is 10.2. The second-order valence-corrected chi connectivity index (χ2v) is 4.93. The maximum atomic E-state index is 5.83. The van der Waals surface area contributed by atoms with Crippen LogP contribution in [-0.2, 0) is 12.8 Å². The molecule has 0 unspecified atom stereocenters. The molecule has 2 rings (SSSR count). The van der Waals surface area contributed by atoms with E-state index in [0.29, 0.717) is 5.82 Å². The van der Waals surface area contributed by atoms with Gasteiger partial charge in [0.1, 0.15) is 5.76 Å². The molecule has 2 N–H and O–H groups in total. The van der Waals surface area contributed by atoms with Crippen molar-refractivity contribution >= 4 is 5.82 Å². The van der Waals surface area contributed by atoms with Gasteiger partial charge in [-0.05, 0) is 12.3 Å². The molecule has 1 aliphatic carbocycles. The van der Waals surface area contributed by atoms with Crippen molar-refractivity contribution in [2.24, 2.45) is 5.92 Å². The van der Waals surface area contributed by atoms with Crippen LogP contribution in [0.2, 0.25) is 0 Å². The zero-order valence-corrected chi connectivity index (χ0v) is 10.2. The lowest BCUT2D eigenvalue weighted by Crippen LogP contribution is -2.10. The first kappa shape index (κ1) is 11.5. The van der Waals surface area contributed by atoms with E-state index in [1.165, 1.54) is 32.1 Å². The monoisotopic (exact) mass is 222 g/mol. The summed E-state index contributed by atoms with van der Waals surface area (Å²) < 4.78 is 5.38. The number of aromatic nitrogens is 1. The van der Waals surface area contributed by atoms with Gasteiger partial charge in [-0.25, -0.2) is 0 Å². The standard InChI is InChI=1S/C13H22N2O/c1-2-6-11-12(16-15-13(11)14)9-10-7-4-3-5-8-10/h10H,2-9H2,1H3,(H2,14,15). The maximum absolute atomic E-state index is 5.83. The Balaban J connectivity index is 2.02. The summed E-state index contributed by atoms with van der Waals surface area (Å²) in [7, 11) is 0. The SMILES string of the molecule is CCCc1c(N)noc1CC1CCCCC1. The Morgan fingerprint density at radius 3 is 2.75 bits per heavy atom. The summed E-state index contributed by atoms with van der Waals surface area (Å²) in [6, 6.07) is 0. The summed E-state index contributed by atoms with van der Waals surface area (Å²) in [4.78, 5) is 0. The summed E-state index contributed by atoms with van der Waals surface area (Å²) in [5.41, 5.74) is 6.99. The Bertz CT molecular complexity index is 327. The molecule has 0 atom stereocenters. The zero-order chi connectivity index (χ0) is 11.4. The highest BCUT2D eigenvalue weighted by atomic mass is 16.5. The smallest absolute Gasteiger partial charge is 0.170 e. The largest absolute Gasteiger partial charge is 0.381 e. The van der Waals surface area contributed by atoms with Crippen molar-refractivity contribution in [2.45, 2.75) is 58.3 Å². The molecule has 0 aliphatic heterocycles. The number of hydrogen-bond acceptors (Lipinski definition) is 3. The molecule has 0 aromatic carbocycles. The minimum absolute atomic E-state index is 0.604. The first-order valence-corrected chi connectivity index (χ1v) is 6.54. The third kappa shape index (κ3) is 2.57. The molecule has 1 aliphatic rings. The maximum Gasteiger partial charge on any atom is 0.170 e. The van der Waals surface area contributed by atoms with E-state index in [2.05, 4.69) is 12.1 Å². The lowest BCUT2D eigenvalue weighted by molar-refractivity contribution is 0.309. The van der Waals surface area contributed by atoms with Gasteiger partial charge in [0.2, 0.25) is 0 Å². The molecule has 1 fully saturated rings. The molecular weight excluding hydrogens is 200 g/mol. The van der Waals surface area contributed by atoms with E-state index in [-0.39, 0.29) is 0 Å². The fourth-order valence-electron chi connectivity index (χ4n) is 2.69. The topological polar surface area (TPSA) is 52.0 Å². The molecule has 1 saturated carbocycles. The highest BCUT2D eigenvalue weighted by Gasteiger charge is 2.19. The van der Waals surface area contributed by atoms with Gasteiger partial charge in [0.05, 0.1) is 0 Å². The number of hydrogen-bond donors (Lipinski definition) is 1. The molecule has 3 heteroatoms. The lowest BCUT2D eigenvalue weighted by atomic mass is 9.85. The van der Waals surface area contributed by atoms with Gasteiger partial charge in [-0.1, -0.05) is 50.6 Å². The van der Waals surface area contributed by atoms with E-state index < -0.39 is 0 Å². The summed E-state index contributed by atoms with van der Waals surface area (Å²) in [5.74, 6) is 2.44. The Morgan fingerprint density at radius 1 is 1.31 bits per heavy atom. The summed E-state index contributed by atoms with van der Waals surface area (Å²) in [6.45, 7) is 2.16. The fourth-order valence-corrected chi connectivity index (χ4v) is 2.69. The Labute approximate surface area is 97.4 Å². The lowest BCUT2D eigenvalue weighted by Gasteiger charge is -2.20. The van der Waals surface area contributed by atoms with E-state index in [1.807, 2.05) is 0 Å². The van der Waals surface area contributed by atoms with Crippen molar-refractivity contribution in [1.29, 1.82) is 0 Å². The van der Waals surface area contributed by atoms with Crippen molar-refractivity contribution in [3.05, 3.63) is 11.3 Å². The highest BCUT2D eigenvalue weighted by Crippen LogP contribution is 2.29. The van der Waals surface area contributed by atoms with Crippen molar-refractivity contribution in [3.8, 4) is 0 Å². The average Bonchev–Trinajstić information content (AvgIpc) is 2.64. The minimum Gasteiger partial charge on any atom is -0.381 e. The molecule has 0 bridgehead atoms. The summed E-state index contributed by atoms with van der Waals surface area (Å²) in [5, 5.41) is 3.90.